The summed E-state index contributed by atoms with van der Waals surface area (Å²) in [6.45, 7) is 5.46. The molecular formula is C20H27N3O5S. The molecule has 0 aliphatic carbocycles. The number of hydrogen-bond donors (Lipinski definition) is 2. The number of sulfonamides is 1. The van der Waals surface area contributed by atoms with E-state index in [1.165, 1.54) is 18.2 Å². The van der Waals surface area contributed by atoms with Crippen molar-refractivity contribution in [2.75, 3.05) is 20.1 Å². The van der Waals surface area contributed by atoms with Gasteiger partial charge < -0.3 is 14.6 Å². The molecule has 29 heavy (non-hydrogen) atoms. The smallest absolute Gasteiger partial charge is 0.241 e. The summed E-state index contributed by atoms with van der Waals surface area (Å²) in [5.41, 5.74) is 2.31. The fourth-order valence-electron chi connectivity index (χ4n) is 3.10. The van der Waals surface area contributed by atoms with Crippen LogP contribution in [0.5, 0.6) is 0 Å². The Kier molecular flexibility index (Phi) is 7.58. The van der Waals surface area contributed by atoms with Crippen molar-refractivity contribution in [3.8, 4) is 0 Å². The zero-order valence-electron chi connectivity index (χ0n) is 17.1. The molecular weight excluding hydrogens is 394 g/mol. The average molecular weight is 422 g/mol. The summed E-state index contributed by atoms with van der Waals surface area (Å²) in [6.07, 6.45) is 1.46. The quantitative estimate of drug-likeness (QED) is 0.640. The molecule has 0 saturated heterocycles. The van der Waals surface area contributed by atoms with E-state index in [1.54, 1.807) is 26.0 Å². The second-order valence-corrected chi connectivity index (χ2v) is 8.69. The third kappa shape index (κ3) is 6.43. The van der Waals surface area contributed by atoms with Gasteiger partial charge in [-0.3, -0.25) is 9.59 Å². The highest BCUT2D eigenvalue weighted by atomic mass is 32.2. The zero-order chi connectivity index (χ0) is 21.6. The summed E-state index contributed by atoms with van der Waals surface area (Å²) in [6, 6.07) is 7.07. The van der Waals surface area contributed by atoms with E-state index < -0.39 is 10.0 Å². The lowest BCUT2D eigenvalue weighted by Gasteiger charge is -2.17. The number of likely N-dealkylation sites (N-methyl/N-ethyl adjacent to an activating group) is 1. The Morgan fingerprint density at radius 2 is 1.79 bits per heavy atom. The van der Waals surface area contributed by atoms with Crippen molar-refractivity contribution in [1.82, 2.24) is 14.9 Å². The standard InChI is InChI=1S/C20H27N3O5S/c1-14-10-15(2)20(16(3)11-14)29(26,27)22-8-7-19(25)23(4)13-18(24)21-12-17-6-5-9-28-17/h5-6,9-11,22H,7-8,12-13H2,1-4H3,(H,21,24). The van der Waals surface area contributed by atoms with Crippen molar-refractivity contribution in [2.45, 2.75) is 38.6 Å². The fourth-order valence-corrected chi connectivity index (χ4v) is 4.59. The van der Waals surface area contributed by atoms with Crippen LogP contribution in [0.25, 0.3) is 0 Å². The lowest BCUT2D eigenvalue weighted by Crippen LogP contribution is -2.39. The van der Waals surface area contributed by atoms with Crippen LogP contribution in [0.4, 0.5) is 0 Å². The summed E-state index contributed by atoms with van der Waals surface area (Å²) in [7, 11) is -2.23. The first-order valence-electron chi connectivity index (χ1n) is 9.20. The third-order valence-corrected chi connectivity index (χ3v) is 6.12. The molecule has 1 aromatic heterocycles. The normalized spacial score (nSPS) is 11.3. The molecule has 0 bridgehead atoms. The number of benzene rings is 1. The number of rotatable bonds is 9. The highest BCUT2D eigenvalue weighted by Gasteiger charge is 2.20. The summed E-state index contributed by atoms with van der Waals surface area (Å²) in [5, 5.41) is 2.65. The number of aryl methyl sites for hydroxylation is 3. The number of furan rings is 1. The van der Waals surface area contributed by atoms with E-state index in [4.69, 9.17) is 4.42 Å². The van der Waals surface area contributed by atoms with Crippen LogP contribution in [0.15, 0.2) is 39.8 Å². The summed E-state index contributed by atoms with van der Waals surface area (Å²) < 4.78 is 32.8. The minimum Gasteiger partial charge on any atom is -0.467 e. The third-order valence-electron chi connectivity index (χ3n) is 4.35. The van der Waals surface area contributed by atoms with Crippen molar-refractivity contribution >= 4 is 21.8 Å². The number of carbonyl (C=O) groups is 2. The fraction of sp³-hybridized carbons (Fsp3) is 0.400. The molecule has 0 spiro atoms. The van der Waals surface area contributed by atoms with E-state index >= 15 is 0 Å². The summed E-state index contributed by atoms with van der Waals surface area (Å²) >= 11 is 0. The SMILES string of the molecule is Cc1cc(C)c(S(=O)(=O)NCCC(=O)N(C)CC(=O)NCc2ccco2)c(C)c1. The van der Waals surface area contributed by atoms with Crippen LogP contribution in [0.1, 0.15) is 28.9 Å². The monoisotopic (exact) mass is 421 g/mol. The molecule has 0 atom stereocenters. The van der Waals surface area contributed by atoms with Crippen LogP contribution in [0.3, 0.4) is 0 Å². The number of nitrogens with one attached hydrogen (secondary N) is 2. The minimum atomic E-state index is -3.73. The van der Waals surface area contributed by atoms with Crippen molar-refractivity contribution in [3.63, 3.8) is 0 Å². The van der Waals surface area contributed by atoms with E-state index in [0.717, 1.165) is 5.56 Å². The molecule has 1 aromatic carbocycles. The highest BCUT2D eigenvalue weighted by molar-refractivity contribution is 7.89. The van der Waals surface area contributed by atoms with Gasteiger partial charge in [0, 0.05) is 20.0 Å². The van der Waals surface area contributed by atoms with Crippen molar-refractivity contribution < 1.29 is 22.4 Å². The number of hydrogen-bond acceptors (Lipinski definition) is 5. The van der Waals surface area contributed by atoms with E-state index in [-0.39, 0.29) is 42.8 Å². The van der Waals surface area contributed by atoms with Gasteiger partial charge in [-0.25, -0.2) is 13.1 Å². The molecule has 158 valence electrons. The van der Waals surface area contributed by atoms with E-state index in [0.29, 0.717) is 16.9 Å². The van der Waals surface area contributed by atoms with Crippen molar-refractivity contribution in [2.24, 2.45) is 0 Å². The lowest BCUT2D eigenvalue weighted by atomic mass is 10.1. The first kappa shape index (κ1) is 22.6. The largest absolute Gasteiger partial charge is 0.467 e. The average Bonchev–Trinajstić information content (AvgIpc) is 3.12. The van der Waals surface area contributed by atoms with Gasteiger partial charge in [0.05, 0.1) is 24.2 Å². The maximum atomic E-state index is 12.6. The zero-order valence-corrected chi connectivity index (χ0v) is 17.9. The Morgan fingerprint density at radius 3 is 2.38 bits per heavy atom. The van der Waals surface area contributed by atoms with Crippen LogP contribution in [-0.2, 0) is 26.2 Å². The van der Waals surface area contributed by atoms with Crippen molar-refractivity contribution in [3.05, 3.63) is 53.0 Å². The minimum absolute atomic E-state index is 0.0493. The Hall–Kier alpha value is -2.65. The molecule has 0 radical (unpaired) electrons. The molecule has 0 aliphatic rings. The van der Waals surface area contributed by atoms with E-state index in [2.05, 4.69) is 10.0 Å². The second-order valence-electron chi connectivity index (χ2n) is 6.98. The van der Waals surface area contributed by atoms with Gasteiger partial charge in [0.15, 0.2) is 0 Å². The predicted octanol–water partition coefficient (Wildman–Crippen LogP) is 1.65. The van der Waals surface area contributed by atoms with Gasteiger partial charge in [0.1, 0.15) is 5.76 Å². The first-order valence-corrected chi connectivity index (χ1v) is 10.7. The molecule has 0 saturated carbocycles. The van der Waals surface area contributed by atoms with Gasteiger partial charge in [0.25, 0.3) is 0 Å². The molecule has 2 N–H and O–H groups in total. The van der Waals surface area contributed by atoms with Gasteiger partial charge in [-0.2, -0.15) is 0 Å². The van der Waals surface area contributed by atoms with Crippen LogP contribution < -0.4 is 10.0 Å². The molecule has 1 heterocycles. The Balaban J connectivity index is 1.83. The first-order chi connectivity index (χ1) is 13.6. The van der Waals surface area contributed by atoms with Crippen LogP contribution in [-0.4, -0.2) is 45.3 Å². The Bertz CT molecular complexity index is 945. The molecule has 0 fully saturated rings. The van der Waals surface area contributed by atoms with Gasteiger partial charge in [-0.15, -0.1) is 0 Å². The molecule has 0 unspecified atom stereocenters. The molecule has 2 aromatic rings. The predicted molar refractivity (Wildman–Crippen MR) is 109 cm³/mol. The maximum Gasteiger partial charge on any atom is 0.241 e. The molecule has 8 nitrogen and oxygen atoms in total. The van der Waals surface area contributed by atoms with Gasteiger partial charge in [-0.05, 0) is 44.0 Å². The number of carbonyl (C=O) groups excluding carboxylic acids is 2. The second kappa shape index (κ2) is 9.71. The molecule has 2 amide bonds. The highest BCUT2D eigenvalue weighted by Crippen LogP contribution is 2.21. The maximum absolute atomic E-state index is 12.6. The number of amides is 2. The molecule has 2 rings (SSSR count). The Labute approximate surface area is 171 Å². The van der Waals surface area contributed by atoms with Crippen LogP contribution in [0, 0.1) is 20.8 Å². The van der Waals surface area contributed by atoms with Crippen molar-refractivity contribution in [1.29, 1.82) is 0 Å². The van der Waals surface area contributed by atoms with Crippen LogP contribution >= 0.6 is 0 Å². The number of nitrogens with zero attached hydrogens (tertiary/aromatic N) is 1. The lowest BCUT2D eigenvalue weighted by molar-refractivity contribution is -0.134. The molecule has 0 aliphatic heterocycles. The van der Waals surface area contributed by atoms with Crippen LogP contribution in [0.2, 0.25) is 0 Å². The summed E-state index contributed by atoms with van der Waals surface area (Å²) in [5.74, 6) is -0.0506. The van der Waals surface area contributed by atoms with E-state index in [1.807, 2.05) is 19.1 Å². The van der Waals surface area contributed by atoms with E-state index in [9.17, 15) is 18.0 Å². The topological polar surface area (TPSA) is 109 Å². The summed E-state index contributed by atoms with van der Waals surface area (Å²) in [4.78, 5) is 25.6. The van der Waals surface area contributed by atoms with Gasteiger partial charge in [-0.1, -0.05) is 17.7 Å². The molecule has 9 heteroatoms. The van der Waals surface area contributed by atoms with Gasteiger partial charge in [0.2, 0.25) is 21.8 Å². The van der Waals surface area contributed by atoms with Gasteiger partial charge >= 0.3 is 0 Å². The Morgan fingerprint density at radius 1 is 1.14 bits per heavy atom.